The van der Waals surface area contributed by atoms with Crippen molar-refractivity contribution in [2.75, 3.05) is 0 Å². The molecule has 0 saturated carbocycles. The van der Waals surface area contributed by atoms with Crippen LogP contribution in [0.4, 0.5) is 0 Å². The van der Waals surface area contributed by atoms with Gasteiger partial charge in [-0.1, -0.05) is 50.1 Å². The maximum absolute atomic E-state index is 10.1. The first kappa shape index (κ1) is 11.3. The van der Waals surface area contributed by atoms with Gasteiger partial charge in [-0.2, -0.15) is 0 Å². The van der Waals surface area contributed by atoms with E-state index < -0.39 is 12.2 Å². The normalized spacial score (nSPS) is 25.4. The Balaban J connectivity index is 2.67. The van der Waals surface area contributed by atoms with Gasteiger partial charge in [0.1, 0.15) is 12.2 Å². The second-order valence-corrected chi connectivity index (χ2v) is 5.29. The molecule has 0 bridgehead atoms. The number of halogens is 2. The van der Waals surface area contributed by atoms with E-state index in [1.54, 1.807) is 0 Å². The molecule has 0 radical (unpaired) electrons. The maximum atomic E-state index is 10.1. The minimum absolute atomic E-state index is 0.591. The zero-order valence-electron chi connectivity index (χ0n) is 8.04. The summed E-state index contributed by atoms with van der Waals surface area (Å²) >= 11 is 6.56. The average Bonchev–Trinajstić information content (AvgIpc) is 2.23. The van der Waals surface area contributed by atoms with E-state index in [9.17, 15) is 10.2 Å². The molecule has 0 heterocycles. The van der Waals surface area contributed by atoms with Gasteiger partial charge in [0.2, 0.25) is 0 Å². The molecule has 4 heteroatoms. The van der Waals surface area contributed by atoms with Gasteiger partial charge in [0.05, 0.1) is 0 Å². The third kappa shape index (κ3) is 1.69. The zero-order valence-corrected chi connectivity index (χ0v) is 11.2. The molecular weight excluding hydrogens is 324 g/mol. The number of rotatable bonds is 0. The minimum atomic E-state index is -0.697. The van der Waals surface area contributed by atoms with Gasteiger partial charge in [-0.3, -0.25) is 0 Å². The highest BCUT2D eigenvalue weighted by Gasteiger charge is 2.30. The van der Waals surface area contributed by atoms with Crippen LogP contribution < -0.4 is 0 Å². The Labute approximate surface area is 105 Å². The van der Waals surface area contributed by atoms with E-state index in [1.165, 1.54) is 0 Å². The minimum Gasteiger partial charge on any atom is -0.383 e. The van der Waals surface area contributed by atoms with Gasteiger partial charge < -0.3 is 10.2 Å². The lowest BCUT2D eigenvalue weighted by molar-refractivity contribution is 0.183. The molecular formula is C11H10Br2O2. The summed E-state index contributed by atoms with van der Waals surface area (Å²) in [6, 6.07) is 5.63. The molecule has 0 aliphatic heterocycles. The Hall–Kier alpha value is -0.160. The van der Waals surface area contributed by atoms with Crippen molar-refractivity contribution in [2.45, 2.75) is 19.1 Å². The summed E-state index contributed by atoms with van der Waals surface area (Å²) in [5.74, 6) is 0. The highest BCUT2D eigenvalue weighted by molar-refractivity contribution is 9.14. The molecule has 2 nitrogen and oxygen atoms in total. The molecule has 1 aromatic carbocycles. The monoisotopic (exact) mass is 332 g/mol. The molecule has 0 aromatic heterocycles. The smallest absolute Gasteiger partial charge is 0.112 e. The van der Waals surface area contributed by atoms with Crippen LogP contribution in [0.5, 0.6) is 0 Å². The first-order valence-electron chi connectivity index (χ1n) is 4.54. The van der Waals surface area contributed by atoms with E-state index >= 15 is 0 Å². The van der Waals surface area contributed by atoms with Crippen LogP contribution in [0.1, 0.15) is 28.9 Å². The van der Waals surface area contributed by atoms with Gasteiger partial charge in [-0.15, -0.1) is 0 Å². The standard InChI is InChI=1S/C11H10Br2O2/c1-5-3-2-4-6-7(5)11(15)9(13)8(12)10(6)14/h2-4,10-11,14-15H,1H3. The van der Waals surface area contributed by atoms with Crippen LogP contribution >= 0.6 is 31.9 Å². The average molecular weight is 334 g/mol. The number of benzene rings is 1. The maximum Gasteiger partial charge on any atom is 0.112 e. The Morgan fingerprint density at radius 1 is 1.07 bits per heavy atom. The number of aliphatic hydroxyl groups excluding tert-OH is 2. The first-order chi connectivity index (χ1) is 7.04. The molecule has 2 N–H and O–H groups in total. The summed E-state index contributed by atoms with van der Waals surface area (Å²) in [6.45, 7) is 1.92. The lowest BCUT2D eigenvalue weighted by Gasteiger charge is -2.27. The summed E-state index contributed by atoms with van der Waals surface area (Å²) in [7, 11) is 0. The molecule has 1 aliphatic carbocycles. The van der Waals surface area contributed by atoms with Crippen LogP contribution in [0.3, 0.4) is 0 Å². The lowest BCUT2D eigenvalue weighted by atomic mass is 9.89. The fourth-order valence-electron chi connectivity index (χ4n) is 1.84. The highest BCUT2D eigenvalue weighted by atomic mass is 79.9. The summed E-state index contributed by atoms with van der Waals surface area (Å²) in [4.78, 5) is 0. The molecule has 1 aromatic rings. The largest absolute Gasteiger partial charge is 0.383 e. The number of fused-ring (bicyclic) bond motifs is 1. The molecule has 2 rings (SSSR count). The first-order valence-corrected chi connectivity index (χ1v) is 6.13. The van der Waals surface area contributed by atoms with Crippen molar-refractivity contribution in [3.8, 4) is 0 Å². The summed E-state index contributed by atoms with van der Waals surface area (Å²) in [6.07, 6.45) is -1.39. The van der Waals surface area contributed by atoms with Gasteiger partial charge in [0.25, 0.3) is 0 Å². The Kier molecular flexibility index (Phi) is 3.03. The summed E-state index contributed by atoms with van der Waals surface area (Å²) in [5.41, 5.74) is 2.54. The van der Waals surface area contributed by atoms with Crippen molar-refractivity contribution in [2.24, 2.45) is 0 Å². The number of hydrogen-bond donors (Lipinski definition) is 2. The SMILES string of the molecule is Cc1cccc2c1C(O)C(Br)=C(Br)C2O. The van der Waals surface area contributed by atoms with Crippen molar-refractivity contribution in [1.82, 2.24) is 0 Å². The molecule has 0 spiro atoms. The Morgan fingerprint density at radius 3 is 2.33 bits per heavy atom. The predicted octanol–water partition coefficient (Wildman–Crippen LogP) is 3.08. The van der Waals surface area contributed by atoms with Crippen LogP contribution in [0.15, 0.2) is 27.2 Å². The summed E-state index contributed by atoms with van der Waals surface area (Å²) in [5, 5.41) is 20.0. The van der Waals surface area contributed by atoms with Crippen LogP contribution in [-0.2, 0) is 0 Å². The van der Waals surface area contributed by atoms with E-state index in [0.29, 0.717) is 8.96 Å². The number of hydrogen-bond acceptors (Lipinski definition) is 2. The number of aliphatic hydroxyl groups is 2. The highest BCUT2D eigenvalue weighted by Crippen LogP contribution is 2.46. The van der Waals surface area contributed by atoms with Crippen LogP contribution in [0, 0.1) is 6.92 Å². The van der Waals surface area contributed by atoms with Crippen LogP contribution in [0.25, 0.3) is 0 Å². The third-order valence-corrected chi connectivity index (χ3v) is 4.89. The lowest BCUT2D eigenvalue weighted by Crippen LogP contribution is -2.15. The van der Waals surface area contributed by atoms with Crippen molar-refractivity contribution in [1.29, 1.82) is 0 Å². The summed E-state index contributed by atoms with van der Waals surface area (Å²) < 4.78 is 1.19. The second-order valence-electron chi connectivity index (χ2n) is 3.58. The van der Waals surface area contributed by atoms with E-state index in [-0.39, 0.29) is 0 Å². The van der Waals surface area contributed by atoms with E-state index in [0.717, 1.165) is 16.7 Å². The topological polar surface area (TPSA) is 40.5 Å². The van der Waals surface area contributed by atoms with Gasteiger partial charge in [0.15, 0.2) is 0 Å². The van der Waals surface area contributed by atoms with Crippen molar-refractivity contribution in [3.63, 3.8) is 0 Å². The van der Waals surface area contributed by atoms with Crippen LogP contribution in [0.2, 0.25) is 0 Å². The molecule has 2 atom stereocenters. The molecule has 0 saturated heterocycles. The van der Waals surface area contributed by atoms with Crippen molar-refractivity contribution < 1.29 is 10.2 Å². The fraction of sp³-hybridized carbons (Fsp3) is 0.273. The van der Waals surface area contributed by atoms with E-state index in [1.807, 2.05) is 25.1 Å². The van der Waals surface area contributed by atoms with Crippen molar-refractivity contribution >= 4 is 31.9 Å². The number of aryl methyl sites for hydroxylation is 1. The second kappa shape index (κ2) is 4.01. The molecule has 80 valence electrons. The van der Waals surface area contributed by atoms with Crippen molar-refractivity contribution in [3.05, 3.63) is 43.9 Å². The van der Waals surface area contributed by atoms with Crippen LogP contribution in [-0.4, -0.2) is 10.2 Å². The van der Waals surface area contributed by atoms with Gasteiger partial charge >= 0.3 is 0 Å². The Bertz CT molecular complexity index is 440. The molecule has 2 unspecified atom stereocenters. The predicted molar refractivity (Wildman–Crippen MR) is 66.0 cm³/mol. The van der Waals surface area contributed by atoms with E-state index in [4.69, 9.17) is 0 Å². The Morgan fingerprint density at radius 2 is 1.67 bits per heavy atom. The molecule has 15 heavy (non-hydrogen) atoms. The zero-order chi connectivity index (χ0) is 11.2. The molecule has 0 fully saturated rings. The van der Waals surface area contributed by atoms with Gasteiger partial charge in [0, 0.05) is 8.96 Å². The third-order valence-electron chi connectivity index (χ3n) is 2.63. The molecule has 0 amide bonds. The van der Waals surface area contributed by atoms with E-state index in [2.05, 4.69) is 31.9 Å². The quantitative estimate of drug-likeness (QED) is 0.766. The van der Waals surface area contributed by atoms with Gasteiger partial charge in [-0.25, -0.2) is 0 Å². The van der Waals surface area contributed by atoms with Gasteiger partial charge in [-0.05, 0) is 23.6 Å². The fourth-order valence-corrected chi connectivity index (χ4v) is 2.75. The molecule has 1 aliphatic rings.